The van der Waals surface area contributed by atoms with Gasteiger partial charge in [0.25, 0.3) is 0 Å². The molecule has 0 saturated heterocycles. The van der Waals surface area contributed by atoms with E-state index in [0.717, 1.165) is 37.7 Å². The predicted molar refractivity (Wildman–Crippen MR) is 92.0 cm³/mol. The topological polar surface area (TPSA) is 55.4 Å². The van der Waals surface area contributed by atoms with E-state index in [1.165, 1.54) is 12.0 Å². The molecule has 0 radical (unpaired) electrons. The van der Waals surface area contributed by atoms with E-state index in [4.69, 9.17) is 4.74 Å². The van der Waals surface area contributed by atoms with Gasteiger partial charge in [-0.2, -0.15) is 0 Å². The second-order valence-corrected chi connectivity index (χ2v) is 8.87. The minimum atomic E-state index is -0.331. The van der Waals surface area contributed by atoms with Crippen LogP contribution in [-0.2, 0) is 22.4 Å². The summed E-state index contributed by atoms with van der Waals surface area (Å²) in [7, 11) is 1.40. The Hall–Kier alpha value is -1.36. The normalized spacial score (nSPS) is 20.8. The summed E-state index contributed by atoms with van der Waals surface area (Å²) in [5.74, 6) is 0.442. The maximum absolute atomic E-state index is 12.2. The molecule has 1 N–H and O–H groups in total. The van der Waals surface area contributed by atoms with Gasteiger partial charge in [-0.25, -0.2) is 4.79 Å². The highest BCUT2D eigenvalue weighted by molar-refractivity contribution is 7.17. The van der Waals surface area contributed by atoms with Gasteiger partial charge in [-0.15, -0.1) is 11.3 Å². The molecule has 0 bridgehead atoms. The van der Waals surface area contributed by atoms with Crippen molar-refractivity contribution in [2.45, 2.75) is 52.9 Å². The maximum Gasteiger partial charge on any atom is 0.341 e. The molecular weight excluding hydrogens is 310 g/mol. The van der Waals surface area contributed by atoms with E-state index in [9.17, 15) is 9.59 Å². The van der Waals surface area contributed by atoms with Crippen molar-refractivity contribution in [2.75, 3.05) is 12.4 Å². The summed E-state index contributed by atoms with van der Waals surface area (Å²) in [6.07, 6.45) is 4.85. The third-order valence-electron chi connectivity index (χ3n) is 5.06. The molecule has 1 unspecified atom stereocenters. The molecule has 4 nitrogen and oxygen atoms in total. The average Bonchev–Trinajstić information content (AvgIpc) is 3.27. The predicted octanol–water partition coefficient (Wildman–Crippen LogP) is 4.03. The smallest absolute Gasteiger partial charge is 0.341 e. The number of amides is 1. The van der Waals surface area contributed by atoms with Crippen molar-refractivity contribution >= 4 is 28.2 Å². The second-order valence-electron chi connectivity index (χ2n) is 7.77. The molecule has 0 spiro atoms. The number of ether oxygens (including phenoxy) is 1. The molecule has 2 aliphatic carbocycles. The second kappa shape index (κ2) is 5.93. The Labute approximate surface area is 141 Å². The summed E-state index contributed by atoms with van der Waals surface area (Å²) in [4.78, 5) is 25.6. The van der Waals surface area contributed by atoms with E-state index in [-0.39, 0.29) is 23.2 Å². The average molecular weight is 335 g/mol. The van der Waals surface area contributed by atoms with Gasteiger partial charge in [-0.05, 0) is 49.0 Å². The van der Waals surface area contributed by atoms with Crippen LogP contribution in [0.25, 0.3) is 0 Å². The lowest BCUT2D eigenvalue weighted by molar-refractivity contribution is -0.117. The lowest BCUT2D eigenvalue weighted by Gasteiger charge is -2.33. The van der Waals surface area contributed by atoms with E-state index in [2.05, 4.69) is 26.1 Å². The van der Waals surface area contributed by atoms with E-state index < -0.39 is 0 Å². The summed E-state index contributed by atoms with van der Waals surface area (Å²) in [5.41, 5.74) is 1.94. The molecule has 23 heavy (non-hydrogen) atoms. The molecule has 1 aromatic heterocycles. The number of esters is 1. The van der Waals surface area contributed by atoms with Crippen molar-refractivity contribution < 1.29 is 14.3 Å². The van der Waals surface area contributed by atoms with E-state index in [0.29, 0.717) is 16.5 Å². The number of methoxy groups -OCH3 is 1. The van der Waals surface area contributed by atoms with Gasteiger partial charge in [-0.1, -0.05) is 20.8 Å². The first-order valence-electron chi connectivity index (χ1n) is 8.35. The molecule has 0 aromatic carbocycles. The van der Waals surface area contributed by atoms with Gasteiger partial charge in [0.05, 0.1) is 12.7 Å². The fourth-order valence-electron chi connectivity index (χ4n) is 3.29. The third-order valence-corrected chi connectivity index (χ3v) is 6.23. The monoisotopic (exact) mass is 335 g/mol. The van der Waals surface area contributed by atoms with Crippen LogP contribution in [-0.4, -0.2) is 19.0 Å². The Morgan fingerprint density at radius 2 is 1.91 bits per heavy atom. The molecule has 1 amide bonds. The third kappa shape index (κ3) is 3.30. The van der Waals surface area contributed by atoms with Gasteiger partial charge in [0.15, 0.2) is 0 Å². The quantitative estimate of drug-likeness (QED) is 0.848. The number of thiophene rings is 1. The van der Waals surface area contributed by atoms with Crippen molar-refractivity contribution in [3.8, 4) is 0 Å². The zero-order valence-electron chi connectivity index (χ0n) is 14.3. The molecule has 5 heteroatoms. The zero-order valence-corrected chi connectivity index (χ0v) is 15.1. The molecular formula is C18H25NO3S. The van der Waals surface area contributed by atoms with Gasteiger partial charge in [0.1, 0.15) is 5.00 Å². The zero-order chi connectivity index (χ0) is 16.8. The van der Waals surface area contributed by atoms with Gasteiger partial charge >= 0.3 is 5.97 Å². The number of anilines is 1. The summed E-state index contributed by atoms with van der Waals surface area (Å²) < 4.78 is 4.97. The van der Waals surface area contributed by atoms with Crippen molar-refractivity contribution in [1.29, 1.82) is 0 Å². The van der Waals surface area contributed by atoms with Gasteiger partial charge < -0.3 is 10.1 Å². The van der Waals surface area contributed by atoms with Crippen LogP contribution < -0.4 is 5.32 Å². The fourth-order valence-corrected chi connectivity index (χ4v) is 4.61. The van der Waals surface area contributed by atoms with Gasteiger partial charge in [-0.3, -0.25) is 4.79 Å². The van der Waals surface area contributed by atoms with Crippen molar-refractivity contribution in [1.82, 2.24) is 0 Å². The number of carbonyl (C=O) groups excluding carboxylic acids is 2. The van der Waals surface area contributed by atoms with Crippen LogP contribution in [0.3, 0.4) is 0 Å². The summed E-state index contributed by atoms with van der Waals surface area (Å²) in [5, 5.41) is 3.67. The first-order valence-corrected chi connectivity index (χ1v) is 9.16. The Morgan fingerprint density at radius 3 is 2.48 bits per heavy atom. The number of fused-ring (bicyclic) bond motifs is 1. The van der Waals surface area contributed by atoms with Crippen LogP contribution in [0.15, 0.2) is 0 Å². The lowest BCUT2D eigenvalue weighted by atomic mass is 9.72. The van der Waals surface area contributed by atoms with Crippen molar-refractivity contribution in [3.63, 3.8) is 0 Å². The number of hydrogen-bond acceptors (Lipinski definition) is 4. The summed E-state index contributed by atoms with van der Waals surface area (Å²) in [6.45, 7) is 6.81. The Kier molecular flexibility index (Phi) is 4.25. The number of carbonyl (C=O) groups is 2. The molecule has 2 aliphatic rings. The van der Waals surface area contributed by atoms with Gasteiger partial charge in [0, 0.05) is 10.8 Å². The number of nitrogens with one attached hydrogen (secondary N) is 1. The Morgan fingerprint density at radius 1 is 1.22 bits per heavy atom. The minimum absolute atomic E-state index is 0.0427. The van der Waals surface area contributed by atoms with E-state index >= 15 is 0 Å². The fraction of sp³-hybridized carbons (Fsp3) is 0.667. The Balaban J connectivity index is 1.92. The number of hydrogen-bond donors (Lipinski definition) is 1. The lowest BCUT2D eigenvalue weighted by Crippen LogP contribution is -2.26. The first-order chi connectivity index (χ1) is 10.8. The van der Waals surface area contributed by atoms with Crippen LogP contribution >= 0.6 is 11.3 Å². The molecule has 1 fully saturated rings. The molecule has 1 aromatic rings. The molecule has 1 heterocycles. The van der Waals surface area contributed by atoms with Crippen molar-refractivity contribution in [2.24, 2.45) is 17.3 Å². The standard InChI is InChI=1S/C18H25NO3S/c1-18(2,3)11-7-8-12-13(9-11)23-16(14(12)17(21)22-4)19-15(20)10-5-6-10/h10-11H,5-9H2,1-4H3,(H,19,20). The summed E-state index contributed by atoms with van der Waals surface area (Å²) >= 11 is 1.57. The Bertz CT molecular complexity index is 637. The largest absolute Gasteiger partial charge is 0.465 e. The maximum atomic E-state index is 12.2. The van der Waals surface area contributed by atoms with Crippen LogP contribution in [0.4, 0.5) is 5.00 Å². The highest BCUT2D eigenvalue weighted by atomic mass is 32.1. The molecule has 0 aliphatic heterocycles. The van der Waals surface area contributed by atoms with Crippen LogP contribution in [0, 0.1) is 17.3 Å². The molecule has 3 rings (SSSR count). The van der Waals surface area contributed by atoms with Crippen LogP contribution in [0.1, 0.15) is 60.8 Å². The van der Waals surface area contributed by atoms with E-state index in [1.807, 2.05) is 0 Å². The highest BCUT2D eigenvalue weighted by Crippen LogP contribution is 2.45. The van der Waals surface area contributed by atoms with Crippen molar-refractivity contribution in [3.05, 3.63) is 16.0 Å². The van der Waals surface area contributed by atoms with Crippen LogP contribution in [0.5, 0.6) is 0 Å². The first kappa shape index (κ1) is 16.5. The molecule has 1 atom stereocenters. The molecule has 126 valence electrons. The van der Waals surface area contributed by atoms with E-state index in [1.54, 1.807) is 11.3 Å². The van der Waals surface area contributed by atoms with Crippen LogP contribution in [0.2, 0.25) is 0 Å². The molecule has 1 saturated carbocycles. The number of rotatable bonds is 3. The minimum Gasteiger partial charge on any atom is -0.465 e. The van der Waals surface area contributed by atoms with Gasteiger partial charge in [0.2, 0.25) is 5.91 Å². The highest BCUT2D eigenvalue weighted by Gasteiger charge is 2.36. The summed E-state index contributed by atoms with van der Waals surface area (Å²) in [6, 6.07) is 0. The SMILES string of the molecule is COC(=O)c1c(NC(=O)C2CC2)sc2c1CCC(C(C)(C)C)C2.